The number of rotatable bonds is 5. The molecule has 0 atom stereocenters. The lowest BCUT2D eigenvalue weighted by atomic mass is 10.1. The molecule has 0 aliphatic carbocycles. The number of hydrogen-bond donors (Lipinski definition) is 1. The van der Waals surface area contributed by atoms with Crippen LogP contribution in [-0.2, 0) is 0 Å². The van der Waals surface area contributed by atoms with Crippen molar-refractivity contribution in [3.05, 3.63) is 54.1 Å². The molecule has 0 saturated carbocycles. The first kappa shape index (κ1) is 16.9. The van der Waals surface area contributed by atoms with Gasteiger partial charge in [-0.15, -0.1) is 0 Å². The summed E-state index contributed by atoms with van der Waals surface area (Å²) in [5.74, 6) is 0. The Hall–Kier alpha value is -2.49. The zero-order valence-corrected chi connectivity index (χ0v) is 14.3. The highest BCUT2D eigenvalue weighted by atomic mass is 16.2. The van der Waals surface area contributed by atoms with E-state index in [1.165, 1.54) is 5.69 Å². The van der Waals surface area contributed by atoms with E-state index in [0.29, 0.717) is 0 Å². The quantitative estimate of drug-likeness (QED) is 0.882. The highest BCUT2D eigenvalue weighted by molar-refractivity contribution is 6.01. The van der Waals surface area contributed by atoms with E-state index in [-0.39, 0.29) is 6.03 Å². The predicted octanol–water partition coefficient (Wildman–Crippen LogP) is 4.51. The van der Waals surface area contributed by atoms with Gasteiger partial charge in [-0.2, -0.15) is 0 Å². The first-order valence-electron chi connectivity index (χ1n) is 8.02. The summed E-state index contributed by atoms with van der Waals surface area (Å²) in [6.45, 7) is 8.24. The van der Waals surface area contributed by atoms with Gasteiger partial charge in [-0.05, 0) is 56.7 Å². The largest absolute Gasteiger partial charge is 0.372 e. The van der Waals surface area contributed by atoms with Crippen LogP contribution in [0.2, 0.25) is 0 Å². The Balaban J connectivity index is 2.12. The topological polar surface area (TPSA) is 35.6 Å². The minimum absolute atomic E-state index is 0.144. The summed E-state index contributed by atoms with van der Waals surface area (Å²) in [5, 5.41) is 2.98. The molecule has 4 heteroatoms. The Morgan fingerprint density at radius 1 is 1.00 bits per heavy atom. The van der Waals surface area contributed by atoms with Crippen LogP contribution in [0.4, 0.5) is 21.9 Å². The van der Waals surface area contributed by atoms with Gasteiger partial charge in [0.15, 0.2) is 0 Å². The van der Waals surface area contributed by atoms with E-state index < -0.39 is 0 Å². The third-order valence-electron chi connectivity index (χ3n) is 4.03. The van der Waals surface area contributed by atoms with Crippen molar-refractivity contribution in [2.45, 2.75) is 20.8 Å². The van der Waals surface area contributed by atoms with Gasteiger partial charge in [0, 0.05) is 37.2 Å². The van der Waals surface area contributed by atoms with E-state index in [9.17, 15) is 4.79 Å². The van der Waals surface area contributed by atoms with Crippen LogP contribution in [0.3, 0.4) is 0 Å². The average molecular weight is 311 g/mol. The first-order chi connectivity index (χ1) is 11.1. The number of nitrogens with one attached hydrogen (secondary N) is 1. The Labute approximate surface area is 138 Å². The second-order valence-corrected chi connectivity index (χ2v) is 5.50. The zero-order valence-electron chi connectivity index (χ0n) is 14.3. The van der Waals surface area contributed by atoms with Gasteiger partial charge in [-0.25, -0.2) is 4.79 Å². The van der Waals surface area contributed by atoms with Crippen molar-refractivity contribution >= 4 is 23.1 Å². The molecular formula is C19H25N3O. The maximum absolute atomic E-state index is 12.4. The van der Waals surface area contributed by atoms with Crippen molar-refractivity contribution in [2.24, 2.45) is 0 Å². The third kappa shape index (κ3) is 4.03. The van der Waals surface area contributed by atoms with Crippen LogP contribution >= 0.6 is 0 Å². The van der Waals surface area contributed by atoms with E-state index in [2.05, 4.69) is 36.2 Å². The lowest BCUT2D eigenvalue weighted by Crippen LogP contribution is -2.31. The number of para-hydroxylation sites is 1. The number of benzene rings is 2. The second-order valence-electron chi connectivity index (χ2n) is 5.50. The Kier molecular flexibility index (Phi) is 5.63. The molecule has 0 aromatic heterocycles. The minimum Gasteiger partial charge on any atom is -0.372 e. The summed E-state index contributed by atoms with van der Waals surface area (Å²) >= 11 is 0. The average Bonchev–Trinajstić information content (AvgIpc) is 2.58. The maximum Gasteiger partial charge on any atom is 0.326 e. The molecule has 0 aliphatic heterocycles. The minimum atomic E-state index is -0.144. The Bertz CT molecular complexity index is 651. The fourth-order valence-electron chi connectivity index (χ4n) is 2.54. The van der Waals surface area contributed by atoms with Gasteiger partial charge < -0.3 is 10.2 Å². The van der Waals surface area contributed by atoms with E-state index in [1.807, 2.05) is 43.3 Å². The fraction of sp³-hybridized carbons (Fsp3) is 0.316. The Morgan fingerprint density at radius 2 is 1.65 bits per heavy atom. The number of aryl methyl sites for hydroxylation is 1. The predicted molar refractivity (Wildman–Crippen MR) is 98.6 cm³/mol. The van der Waals surface area contributed by atoms with Crippen LogP contribution < -0.4 is 15.1 Å². The van der Waals surface area contributed by atoms with Gasteiger partial charge in [-0.1, -0.05) is 18.2 Å². The van der Waals surface area contributed by atoms with Crippen LogP contribution in [0.15, 0.2) is 48.5 Å². The molecule has 0 unspecified atom stereocenters. The molecule has 2 aromatic rings. The van der Waals surface area contributed by atoms with Crippen molar-refractivity contribution in [2.75, 3.05) is 35.3 Å². The van der Waals surface area contributed by atoms with E-state index in [0.717, 1.165) is 30.0 Å². The third-order valence-corrected chi connectivity index (χ3v) is 4.03. The summed E-state index contributed by atoms with van der Waals surface area (Å²) in [6.07, 6.45) is 0. The van der Waals surface area contributed by atoms with Crippen molar-refractivity contribution in [1.82, 2.24) is 0 Å². The molecule has 2 aromatic carbocycles. The molecule has 0 saturated heterocycles. The van der Waals surface area contributed by atoms with Crippen LogP contribution in [0.5, 0.6) is 0 Å². The summed E-state index contributed by atoms with van der Waals surface area (Å²) in [5.41, 5.74) is 3.95. The van der Waals surface area contributed by atoms with Crippen LogP contribution in [-0.4, -0.2) is 26.2 Å². The van der Waals surface area contributed by atoms with Gasteiger partial charge in [0.2, 0.25) is 0 Å². The number of hydrogen-bond acceptors (Lipinski definition) is 2. The van der Waals surface area contributed by atoms with Gasteiger partial charge in [-0.3, -0.25) is 4.90 Å². The summed E-state index contributed by atoms with van der Waals surface area (Å²) in [7, 11) is 1.77. The number of nitrogens with zero attached hydrogens (tertiary/aromatic N) is 2. The number of carbonyl (C=O) groups is 1. The number of anilines is 3. The van der Waals surface area contributed by atoms with Crippen LogP contribution in [0.1, 0.15) is 19.4 Å². The molecule has 0 spiro atoms. The van der Waals surface area contributed by atoms with E-state index in [4.69, 9.17) is 0 Å². The van der Waals surface area contributed by atoms with E-state index in [1.54, 1.807) is 11.9 Å². The van der Waals surface area contributed by atoms with Gasteiger partial charge in [0.1, 0.15) is 0 Å². The molecule has 122 valence electrons. The number of urea groups is 1. The molecule has 2 rings (SSSR count). The molecule has 0 radical (unpaired) electrons. The van der Waals surface area contributed by atoms with Crippen molar-refractivity contribution in [3.8, 4) is 0 Å². The lowest BCUT2D eigenvalue weighted by Gasteiger charge is -2.23. The van der Waals surface area contributed by atoms with Crippen molar-refractivity contribution in [1.29, 1.82) is 0 Å². The smallest absolute Gasteiger partial charge is 0.326 e. The monoisotopic (exact) mass is 311 g/mol. The van der Waals surface area contributed by atoms with Crippen LogP contribution in [0, 0.1) is 6.92 Å². The molecule has 0 bridgehead atoms. The molecule has 0 fully saturated rings. The second kappa shape index (κ2) is 7.68. The molecule has 1 N–H and O–H groups in total. The van der Waals surface area contributed by atoms with Gasteiger partial charge >= 0.3 is 6.03 Å². The Morgan fingerprint density at radius 3 is 2.22 bits per heavy atom. The summed E-state index contributed by atoms with van der Waals surface area (Å²) in [6, 6.07) is 15.6. The highest BCUT2D eigenvalue weighted by Gasteiger charge is 2.12. The number of carbonyl (C=O) groups excluding carboxylic acids is 1. The molecule has 0 heterocycles. The highest BCUT2D eigenvalue weighted by Crippen LogP contribution is 2.23. The first-order valence-corrected chi connectivity index (χ1v) is 8.02. The van der Waals surface area contributed by atoms with Gasteiger partial charge in [0.05, 0.1) is 0 Å². The standard InChI is InChI=1S/C19H25N3O/c1-5-22(6-2)17-12-13-18(15(3)14-17)20-19(23)21(4)16-10-8-7-9-11-16/h7-14H,5-6H2,1-4H3,(H,20,23). The zero-order chi connectivity index (χ0) is 16.8. The summed E-state index contributed by atoms with van der Waals surface area (Å²) in [4.78, 5) is 16.3. The number of amides is 2. The summed E-state index contributed by atoms with van der Waals surface area (Å²) < 4.78 is 0. The maximum atomic E-state index is 12.4. The molecule has 2 amide bonds. The van der Waals surface area contributed by atoms with Crippen molar-refractivity contribution < 1.29 is 4.79 Å². The molecule has 0 aliphatic rings. The van der Waals surface area contributed by atoms with Crippen molar-refractivity contribution in [3.63, 3.8) is 0 Å². The van der Waals surface area contributed by atoms with Gasteiger partial charge in [0.25, 0.3) is 0 Å². The molecule has 23 heavy (non-hydrogen) atoms. The SMILES string of the molecule is CCN(CC)c1ccc(NC(=O)N(C)c2ccccc2)c(C)c1. The van der Waals surface area contributed by atoms with E-state index >= 15 is 0 Å². The molecule has 4 nitrogen and oxygen atoms in total. The van der Waals surface area contributed by atoms with Crippen LogP contribution in [0.25, 0.3) is 0 Å². The normalized spacial score (nSPS) is 10.3. The molecular weight excluding hydrogens is 286 g/mol. The fourth-order valence-corrected chi connectivity index (χ4v) is 2.54. The lowest BCUT2D eigenvalue weighted by molar-refractivity contribution is 0.258.